The Morgan fingerprint density at radius 2 is 1.88 bits per heavy atom. The van der Waals surface area contributed by atoms with Gasteiger partial charge in [-0.05, 0) is 42.5 Å². The van der Waals surface area contributed by atoms with Gasteiger partial charge in [0, 0.05) is 20.0 Å². The first-order valence-electron chi connectivity index (χ1n) is 7.18. The minimum Gasteiger partial charge on any atom is -0.272 e. The Labute approximate surface area is 156 Å². The molecule has 1 heterocycles. The van der Waals surface area contributed by atoms with Crippen molar-refractivity contribution in [2.24, 2.45) is 0 Å². The normalized spacial score (nSPS) is 10.6. The van der Waals surface area contributed by atoms with Crippen molar-refractivity contribution in [1.29, 1.82) is 0 Å². The Morgan fingerprint density at radius 1 is 1.12 bits per heavy atom. The topological polar surface area (TPSA) is 58.2 Å². The first-order chi connectivity index (χ1) is 12.0. The minimum atomic E-state index is -0.481. The zero-order chi connectivity index (χ0) is 17.8. The van der Waals surface area contributed by atoms with Crippen molar-refractivity contribution >= 4 is 56.6 Å². The van der Waals surface area contributed by atoms with Gasteiger partial charge in [-0.25, -0.2) is 4.39 Å². The van der Waals surface area contributed by atoms with E-state index in [1.165, 1.54) is 23.9 Å². The molecule has 1 aromatic heterocycles. The van der Waals surface area contributed by atoms with Crippen molar-refractivity contribution in [3.8, 4) is 0 Å². The molecule has 2 N–H and O–H groups in total. The number of nitrogens with one attached hydrogen (secondary N) is 2. The van der Waals surface area contributed by atoms with Crippen LogP contribution in [0.5, 0.6) is 0 Å². The van der Waals surface area contributed by atoms with Crippen molar-refractivity contribution in [3.63, 3.8) is 0 Å². The molecule has 0 aliphatic carbocycles. The van der Waals surface area contributed by atoms with Crippen LogP contribution in [0.4, 0.5) is 4.39 Å². The SMILES string of the molecule is O=C(CSc1ccc(Cl)cc1)NNC(=O)c1cc2c(F)cccc2s1. The van der Waals surface area contributed by atoms with Gasteiger partial charge in [-0.1, -0.05) is 17.7 Å². The number of hydrogen-bond donors (Lipinski definition) is 2. The lowest BCUT2D eigenvalue weighted by molar-refractivity contribution is -0.119. The molecule has 0 fully saturated rings. The molecule has 0 aliphatic heterocycles. The van der Waals surface area contributed by atoms with E-state index in [1.807, 2.05) is 12.1 Å². The molecular formula is C17H12ClFN2O2S2. The van der Waals surface area contributed by atoms with E-state index >= 15 is 0 Å². The van der Waals surface area contributed by atoms with E-state index in [9.17, 15) is 14.0 Å². The molecule has 25 heavy (non-hydrogen) atoms. The highest BCUT2D eigenvalue weighted by atomic mass is 35.5. The molecule has 2 aromatic carbocycles. The summed E-state index contributed by atoms with van der Waals surface area (Å²) in [5, 5.41) is 1.02. The van der Waals surface area contributed by atoms with Gasteiger partial charge in [0.05, 0.1) is 10.6 Å². The van der Waals surface area contributed by atoms with Crippen LogP contribution in [0.25, 0.3) is 10.1 Å². The number of hydrazine groups is 1. The van der Waals surface area contributed by atoms with Gasteiger partial charge in [-0.2, -0.15) is 0 Å². The molecule has 0 radical (unpaired) electrons. The Morgan fingerprint density at radius 3 is 2.60 bits per heavy atom. The summed E-state index contributed by atoms with van der Waals surface area (Å²) in [6.45, 7) is 0. The third kappa shape index (κ3) is 4.50. The molecule has 0 bridgehead atoms. The molecule has 4 nitrogen and oxygen atoms in total. The number of amides is 2. The van der Waals surface area contributed by atoms with Crippen molar-refractivity contribution in [2.75, 3.05) is 5.75 Å². The Bertz CT molecular complexity index is 928. The predicted molar refractivity (Wildman–Crippen MR) is 99.6 cm³/mol. The molecule has 0 spiro atoms. The first kappa shape index (κ1) is 17.7. The maximum Gasteiger partial charge on any atom is 0.279 e. The number of carbonyl (C=O) groups excluding carboxylic acids is 2. The van der Waals surface area contributed by atoms with E-state index in [0.717, 1.165) is 16.2 Å². The highest BCUT2D eigenvalue weighted by Crippen LogP contribution is 2.27. The summed E-state index contributed by atoms with van der Waals surface area (Å²) < 4.78 is 14.3. The Kier molecular flexibility index (Phi) is 5.57. The Hall–Kier alpha value is -2.09. The van der Waals surface area contributed by atoms with Crippen molar-refractivity contribution in [1.82, 2.24) is 10.9 Å². The summed E-state index contributed by atoms with van der Waals surface area (Å²) in [4.78, 5) is 25.1. The van der Waals surface area contributed by atoms with Crippen molar-refractivity contribution < 1.29 is 14.0 Å². The van der Waals surface area contributed by atoms with Crippen LogP contribution in [-0.2, 0) is 4.79 Å². The number of rotatable bonds is 4. The molecule has 0 saturated carbocycles. The molecule has 3 rings (SSSR count). The number of thiophene rings is 1. The molecule has 8 heteroatoms. The van der Waals surface area contributed by atoms with Crippen LogP contribution in [0.1, 0.15) is 9.67 Å². The van der Waals surface area contributed by atoms with Gasteiger partial charge >= 0.3 is 0 Å². The molecule has 2 amide bonds. The summed E-state index contributed by atoms with van der Waals surface area (Å²) in [6.07, 6.45) is 0. The van der Waals surface area contributed by atoms with Gasteiger partial charge in [-0.15, -0.1) is 23.1 Å². The minimum absolute atomic E-state index is 0.142. The standard InChI is InChI=1S/C17H12ClFN2O2S2/c18-10-4-6-11(7-5-10)24-9-16(22)20-21-17(23)15-8-12-13(19)2-1-3-14(12)25-15/h1-8H,9H2,(H,20,22)(H,21,23). The van der Waals surface area contributed by atoms with E-state index in [0.29, 0.717) is 20.0 Å². The number of fused-ring (bicyclic) bond motifs is 1. The molecule has 3 aromatic rings. The third-order valence-electron chi connectivity index (χ3n) is 3.23. The molecule has 128 valence electrons. The molecular weight excluding hydrogens is 383 g/mol. The van der Waals surface area contributed by atoms with Crippen LogP contribution in [0.15, 0.2) is 53.4 Å². The van der Waals surface area contributed by atoms with E-state index in [4.69, 9.17) is 11.6 Å². The van der Waals surface area contributed by atoms with Gasteiger partial charge in [0.25, 0.3) is 5.91 Å². The van der Waals surface area contributed by atoms with Crippen LogP contribution in [0, 0.1) is 5.82 Å². The maximum absolute atomic E-state index is 13.7. The fraction of sp³-hybridized carbons (Fsp3) is 0.0588. The quantitative estimate of drug-likeness (QED) is 0.514. The number of hydrogen-bond acceptors (Lipinski definition) is 4. The first-order valence-corrected chi connectivity index (χ1v) is 9.36. The lowest BCUT2D eigenvalue weighted by Gasteiger charge is -2.06. The lowest BCUT2D eigenvalue weighted by Crippen LogP contribution is -2.42. The third-order valence-corrected chi connectivity index (χ3v) is 5.59. The maximum atomic E-state index is 13.7. The summed E-state index contributed by atoms with van der Waals surface area (Å²) >= 11 is 8.28. The highest BCUT2D eigenvalue weighted by Gasteiger charge is 2.13. The second-order valence-electron chi connectivity index (χ2n) is 5.01. The Balaban J connectivity index is 1.53. The zero-order valence-electron chi connectivity index (χ0n) is 12.7. The summed E-state index contributed by atoms with van der Waals surface area (Å²) in [5.74, 6) is -1.06. The van der Waals surface area contributed by atoms with Gasteiger partial charge < -0.3 is 0 Å². The van der Waals surface area contributed by atoms with Crippen LogP contribution < -0.4 is 10.9 Å². The van der Waals surface area contributed by atoms with E-state index in [1.54, 1.807) is 24.3 Å². The summed E-state index contributed by atoms with van der Waals surface area (Å²) in [7, 11) is 0. The lowest BCUT2D eigenvalue weighted by atomic mass is 10.2. The molecule has 0 aliphatic rings. The van der Waals surface area contributed by atoms with E-state index in [-0.39, 0.29) is 17.5 Å². The smallest absolute Gasteiger partial charge is 0.272 e. The van der Waals surface area contributed by atoms with Crippen LogP contribution >= 0.6 is 34.7 Å². The van der Waals surface area contributed by atoms with Crippen LogP contribution in [-0.4, -0.2) is 17.6 Å². The van der Waals surface area contributed by atoms with E-state index in [2.05, 4.69) is 10.9 Å². The number of halogens is 2. The van der Waals surface area contributed by atoms with Gasteiger partial charge in [0.15, 0.2) is 0 Å². The van der Waals surface area contributed by atoms with E-state index < -0.39 is 5.91 Å². The number of thioether (sulfide) groups is 1. The summed E-state index contributed by atoms with van der Waals surface area (Å²) in [5.41, 5.74) is 4.69. The second kappa shape index (κ2) is 7.86. The summed E-state index contributed by atoms with van der Waals surface area (Å²) in [6, 6.07) is 13.2. The monoisotopic (exact) mass is 394 g/mol. The zero-order valence-corrected chi connectivity index (χ0v) is 15.1. The van der Waals surface area contributed by atoms with Crippen molar-refractivity contribution in [2.45, 2.75) is 4.90 Å². The molecule has 0 atom stereocenters. The fourth-order valence-corrected chi connectivity index (χ4v) is 3.84. The highest BCUT2D eigenvalue weighted by molar-refractivity contribution is 8.00. The average molecular weight is 395 g/mol. The van der Waals surface area contributed by atoms with Crippen LogP contribution in [0.3, 0.4) is 0 Å². The predicted octanol–water partition coefficient (Wildman–Crippen LogP) is 4.25. The largest absolute Gasteiger partial charge is 0.279 e. The number of carbonyl (C=O) groups is 2. The molecule has 0 saturated heterocycles. The molecule has 0 unspecified atom stereocenters. The average Bonchev–Trinajstić information content (AvgIpc) is 3.05. The van der Waals surface area contributed by atoms with Crippen molar-refractivity contribution in [3.05, 3.63) is 64.2 Å². The van der Waals surface area contributed by atoms with Gasteiger partial charge in [-0.3, -0.25) is 20.4 Å². The van der Waals surface area contributed by atoms with Gasteiger partial charge in [0.2, 0.25) is 5.91 Å². The number of benzene rings is 2. The van der Waals surface area contributed by atoms with Crippen LogP contribution in [0.2, 0.25) is 5.02 Å². The fourth-order valence-electron chi connectivity index (χ4n) is 2.04. The van der Waals surface area contributed by atoms with Gasteiger partial charge in [0.1, 0.15) is 5.82 Å². The second-order valence-corrected chi connectivity index (χ2v) is 7.58.